The van der Waals surface area contributed by atoms with Crippen LogP contribution in [-0.4, -0.2) is 34.5 Å². The van der Waals surface area contributed by atoms with Gasteiger partial charge < -0.3 is 15.3 Å². The highest BCUT2D eigenvalue weighted by Crippen LogP contribution is 2.13. The van der Waals surface area contributed by atoms with E-state index >= 15 is 0 Å². The lowest BCUT2D eigenvalue weighted by atomic mass is 10.1. The summed E-state index contributed by atoms with van der Waals surface area (Å²) >= 11 is 1.63. The Morgan fingerprint density at radius 1 is 1.44 bits per heavy atom. The molecule has 0 fully saturated rings. The Hall–Kier alpha value is -1.26. The van der Waals surface area contributed by atoms with Crippen LogP contribution in [0.15, 0.2) is 28.6 Å². The first kappa shape index (κ1) is 21.8. The minimum absolute atomic E-state index is 0. The summed E-state index contributed by atoms with van der Waals surface area (Å²) in [6.07, 6.45) is 0. The van der Waals surface area contributed by atoms with Crippen molar-refractivity contribution in [2.75, 3.05) is 13.6 Å². The van der Waals surface area contributed by atoms with Gasteiger partial charge in [-0.1, -0.05) is 6.07 Å². The number of aliphatic hydroxyl groups excluding tert-OH is 1. The maximum absolute atomic E-state index is 13.4. The van der Waals surface area contributed by atoms with Gasteiger partial charge in [0.15, 0.2) is 5.96 Å². The molecule has 0 radical (unpaired) electrons. The van der Waals surface area contributed by atoms with Crippen molar-refractivity contribution in [2.24, 2.45) is 4.99 Å². The Morgan fingerprint density at radius 3 is 2.80 bits per heavy atom. The lowest BCUT2D eigenvalue weighted by Gasteiger charge is -2.21. The second kappa shape index (κ2) is 10.7. The third-order valence-electron chi connectivity index (χ3n) is 3.45. The van der Waals surface area contributed by atoms with Crippen LogP contribution >= 0.6 is 35.3 Å². The number of nitrogens with zero attached hydrogens (tertiary/aromatic N) is 3. The minimum Gasteiger partial charge on any atom is -0.392 e. The molecule has 0 unspecified atom stereocenters. The third kappa shape index (κ3) is 6.52. The van der Waals surface area contributed by atoms with E-state index in [-0.39, 0.29) is 30.6 Å². The van der Waals surface area contributed by atoms with Crippen LogP contribution in [0.25, 0.3) is 0 Å². The fourth-order valence-corrected chi connectivity index (χ4v) is 2.89. The highest BCUT2D eigenvalue weighted by molar-refractivity contribution is 14.0. The number of hydrogen-bond donors (Lipinski definition) is 2. The van der Waals surface area contributed by atoms with Gasteiger partial charge in [0.25, 0.3) is 0 Å². The second-order valence-corrected chi connectivity index (χ2v) is 6.53. The first-order chi connectivity index (χ1) is 11.5. The molecule has 1 aromatic carbocycles. The number of nitrogens with one attached hydrogen (secondary N) is 1. The average Bonchev–Trinajstić information content (AvgIpc) is 2.97. The Bertz CT molecular complexity index is 708. The lowest BCUT2D eigenvalue weighted by Crippen LogP contribution is -2.38. The number of thiazole rings is 1. The normalized spacial score (nSPS) is 11.2. The van der Waals surface area contributed by atoms with E-state index in [0.717, 1.165) is 28.8 Å². The molecule has 0 bridgehead atoms. The molecule has 1 heterocycles. The maximum Gasteiger partial charge on any atom is 0.194 e. The number of aliphatic hydroxyl groups is 1. The van der Waals surface area contributed by atoms with Crippen LogP contribution in [0.1, 0.15) is 28.8 Å². The molecule has 0 amide bonds. The summed E-state index contributed by atoms with van der Waals surface area (Å²) in [6, 6.07) is 4.70. The van der Waals surface area contributed by atoms with E-state index in [1.54, 1.807) is 23.5 Å². The Morgan fingerprint density at radius 2 is 2.20 bits per heavy atom. The summed E-state index contributed by atoms with van der Waals surface area (Å²) < 4.78 is 13.4. The first-order valence-electron chi connectivity index (χ1n) is 7.82. The van der Waals surface area contributed by atoms with Gasteiger partial charge in [-0.25, -0.2) is 14.4 Å². The van der Waals surface area contributed by atoms with E-state index in [0.29, 0.717) is 18.7 Å². The van der Waals surface area contributed by atoms with Crippen LogP contribution in [0.3, 0.4) is 0 Å². The molecule has 0 saturated heterocycles. The molecule has 2 aromatic rings. The summed E-state index contributed by atoms with van der Waals surface area (Å²) in [5.41, 5.74) is 2.16. The topological polar surface area (TPSA) is 60.8 Å². The molecule has 0 aliphatic rings. The Labute approximate surface area is 169 Å². The van der Waals surface area contributed by atoms with Gasteiger partial charge in [-0.3, -0.25) is 0 Å². The molecule has 1 aromatic heterocycles. The lowest BCUT2D eigenvalue weighted by molar-refractivity contribution is 0.275. The van der Waals surface area contributed by atoms with Crippen LogP contribution in [0.2, 0.25) is 0 Å². The van der Waals surface area contributed by atoms with Crippen molar-refractivity contribution < 1.29 is 9.50 Å². The number of rotatable bonds is 6. The molecular formula is C17H24FIN4OS. The zero-order valence-corrected chi connectivity index (χ0v) is 17.8. The zero-order chi connectivity index (χ0) is 17.5. The van der Waals surface area contributed by atoms with E-state index in [4.69, 9.17) is 5.11 Å². The first-order valence-corrected chi connectivity index (χ1v) is 8.70. The van der Waals surface area contributed by atoms with Gasteiger partial charge in [-0.15, -0.1) is 35.3 Å². The second-order valence-electron chi connectivity index (χ2n) is 5.47. The molecule has 0 atom stereocenters. The van der Waals surface area contributed by atoms with Gasteiger partial charge in [0.05, 0.1) is 30.4 Å². The van der Waals surface area contributed by atoms with E-state index < -0.39 is 5.82 Å². The number of guanidine groups is 1. The van der Waals surface area contributed by atoms with E-state index in [1.165, 1.54) is 6.07 Å². The molecule has 0 spiro atoms. The molecule has 2 N–H and O–H groups in total. The van der Waals surface area contributed by atoms with Crippen LogP contribution in [0, 0.1) is 12.7 Å². The van der Waals surface area contributed by atoms with Crippen LogP contribution < -0.4 is 5.32 Å². The number of aromatic nitrogens is 1. The van der Waals surface area contributed by atoms with E-state index in [1.807, 2.05) is 31.2 Å². The summed E-state index contributed by atoms with van der Waals surface area (Å²) in [5, 5.41) is 15.5. The van der Waals surface area contributed by atoms with Crippen LogP contribution in [0.5, 0.6) is 0 Å². The monoisotopic (exact) mass is 478 g/mol. The standard InChI is InChI=1S/C17H23FN4OS.HI/c1-4-19-17(22(3)9-15-11-24-12(2)21-15)20-8-13-5-6-16(18)14(7-13)10-23;/h5-7,11,23H,4,8-10H2,1-3H3,(H,19,20);1H. The Kier molecular flexibility index (Phi) is 9.30. The van der Waals surface area contributed by atoms with Gasteiger partial charge in [-0.05, 0) is 31.5 Å². The van der Waals surface area contributed by atoms with Crippen molar-refractivity contribution in [1.29, 1.82) is 0 Å². The maximum atomic E-state index is 13.4. The van der Waals surface area contributed by atoms with E-state index in [2.05, 4.69) is 15.3 Å². The molecule has 0 saturated carbocycles. The third-order valence-corrected chi connectivity index (χ3v) is 4.28. The number of hydrogen-bond acceptors (Lipinski definition) is 4. The highest BCUT2D eigenvalue weighted by atomic mass is 127. The molecule has 2 rings (SSSR count). The fraction of sp³-hybridized carbons (Fsp3) is 0.412. The van der Waals surface area contributed by atoms with Gasteiger partial charge in [0.2, 0.25) is 0 Å². The zero-order valence-electron chi connectivity index (χ0n) is 14.6. The van der Waals surface area contributed by atoms with Crippen LogP contribution in [0.4, 0.5) is 4.39 Å². The molecule has 5 nitrogen and oxygen atoms in total. The van der Waals surface area contributed by atoms with Crippen molar-refractivity contribution in [1.82, 2.24) is 15.2 Å². The van der Waals surface area contributed by atoms with Gasteiger partial charge in [0.1, 0.15) is 5.82 Å². The largest absolute Gasteiger partial charge is 0.392 e. The molecule has 138 valence electrons. The number of halogens is 2. The van der Waals surface area contributed by atoms with Crippen LogP contribution in [-0.2, 0) is 19.7 Å². The van der Waals surface area contributed by atoms with E-state index in [9.17, 15) is 4.39 Å². The van der Waals surface area contributed by atoms with Crippen molar-refractivity contribution in [2.45, 2.75) is 33.5 Å². The minimum atomic E-state index is -0.395. The molecule has 0 aliphatic carbocycles. The predicted molar refractivity (Wildman–Crippen MR) is 111 cm³/mol. The summed E-state index contributed by atoms with van der Waals surface area (Å²) in [4.78, 5) is 11.1. The van der Waals surface area contributed by atoms with Crippen molar-refractivity contribution in [3.05, 3.63) is 51.2 Å². The van der Waals surface area contributed by atoms with Crippen molar-refractivity contribution in [3.63, 3.8) is 0 Å². The molecule has 0 aliphatic heterocycles. The summed E-state index contributed by atoms with van der Waals surface area (Å²) in [6.45, 7) is 5.52. The summed E-state index contributed by atoms with van der Waals surface area (Å²) in [5.74, 6) is 0.367. The smallest absolute Gasteiger partial charge is 0.194 e. The molecular weight excluding hydrogens is 454 g/mol. The SMILES string of the molecule is CCNC(=NCc1ccc(F)c(CO)c1)N(C)Cc1csc(C)n1.I. The van der Waals surface area contributed by atoms with Gasteiger partial charge >= 0.3 is 0 Å². The number of aliphatic imine (C=N–C) groups is 1. The summed E-state index contributed by atoms with van der Waals surface area (Å²) in [7, 11) is 1.96. The number of benzene rings is 1. The van der Waals surface area contributed by atoms with Crippen molar-refractivity contribution in [3.8, 4) is 0 Å². The quantitative estimate of drug-likeness (QED) is 0.380. The number of aryl methyl sites for hydroxylation is 1. The van der Waals surface area contributed by atoms with Gasteiger partial charge in [-0.2, -0.15) is 0 Å². The predicted octanol–water partition coefficient (Wildman–Crippen LogP) is 3.30. The fourth-order valence-electron chi connectivity index (χ4n) is 2.28. The Balaban J connectivity index is 0.00000312. The molecule has 25 heavy (non-hydrogen) atoms. The average molecular weight is 478 g/mol. The van der Waals surface area contributed by atoms with Crippen molar-refractivity contribution >= 4 is 41.3 Å². The highest BCUT2D eigenvalue weighted by Gasteiger charge is 2.09. The molecule has 8 heteroatoms. The van der Waals surface area contributed by atoms with Gasteiger partial charge in [0, 0.05) is 24.5 Å².